The SMILES string of the molecule is C[C@]12CO[C@@H]([C@H](n3cnc4c(NC(=O)c5ccccc5)ncnc43)O1)[C@@H]2O. The van der Waals surface area contributed by atoms with Gasteiger partial charge in [-0.15, -0.1) is 0 Å². The summed E-state index contributed by atoms with van der Waals surface area (Å²) in [5.74, 6) is 0.0241. The Labute approximate surface area is 154 Å². The van der Waals surface area contributed by atoms with Gasteiger partial charge in [-0.2, -0.15) is 0 Å². The van der Waals surface area contributed by atoms with Gasteiger partial charge in [0, 0.05) is 5.56 Å². The monoisotopic (exact) mass is 367 g/mol. The largest absolute Gasteiger partial charge is 0.387 e. The molecule has 4 heterocycles. The molecule has 0 radical (unpaired) electrons. The van der Waals surface area contributed by atoms with Crippen LogP contribution in [0, 0.1) is 0 Å². The molecule has 2 saturated heterocycles. The van der Waals surface area contributed by atoms with Gasteiger partial charge < -0.3 is 19.9 Å². The van der Waals surface area contributed by atoms with Gasteiger partial charge in [-0.05, 0) is 19.1 Å². The lowest BCUT2D eigenvalue weighted by Gasteiger charge is -2.27. The van der Waals surface area contributed by atoms with E-state index < -0.39 is 24.0 Å². The number of hydrogen-bond acceptors (Lipinski definition) is 7. The standard InChI is InChI=1S/C18H17N5O4/c1-18-7-26-12(13(18)24)17(27-18)23-9-21-11-14(19-8-20-15(11)23)22-16(25)10-5-3-2-4-6-10/h2-6,8-9,12-13,17,24H,7H2,1H3,(H,19,20,22,25)/t12-,13+,17-,18-/m1/s1. The second-order valence-corrected chi connectivity index (χ2v) is 6.91. The van der Waals surface area contributed by atoms with Crippen molar-refractivity contribution in [1.82, 2.24) is 19.5 Å². The first-order valence-electron chi connectivity index (χ1n) is 8.58. The number of nitrogens with one attached hydrogen (secondary N) is 1. The van der Waals surface area contributed by atoms with Gasteiger partial charge >= 0.3 is 0 Å². The van der Waals surface area contributed by atoms with Gasteiger partial charge in [0.2, 0.25) is 0 Å². The third-order valence-electron chi connectivity index (χ3n) is 5.07. The van der Waals surface area contributed by atoms with Crippen LogP contribution in [0.25, 0.3) is 11.2 Å². The molecule has 9 heteroatoms. The summed E-state index contributed by atoms with van der Waals surface area (Å²) in [4.78, 5) is 25.2. The van der Waals surface area contributed by atoms with Gasteiger partial charge in [-0.3, -0.25) is 9.36 Å². The average molecular weight is 367 g/mol. The molecule has 1 amide bonds. The summed E-state index contributed by atoms with van der Waals surface area (Å²) in [7, 11) is 0. The molecule has 27 heavy (non-hydrogen) atoms. The lowest BCUT2D eigenvalue weighted by molar-refractivity contribution is -0.164. The molecule has 4 atom stereocenters. The number of benzene rings is 1. The van der Waals surface area contributed by atoms with E-state index in [0.717, 1.165) is 0 Å². The van der Waals surface area contributed by atoms with Crippen molar-refractivity contribution in [1.29, 1.82) is 0 Å². The number of hydrogen-bond donors (Lipinski definition) is 2. The molecule has 2 fully saturated rings. The van der Waals surface area contributed by atoms with Crippen LogP contribution in [0.15, 0.2) is 43.0 Å². The normalized spacial score (nSPS) is 29.3. The van der Waals surface area contributed by atoms with Crippen LogP contribution in [-0.4, -0.2) is 54.9 Å². The molecule has 9 nitrogen and oxygen atoms in total. The Morgan fingerprint density at radius 1 is 1.30 bits per heavy atom. The fraction of sp³-hybridized carbons (Fsp3) is 0.333. The van der Waals surface area contributed by atoms with E-state index in [2.05, 4.69) is 20.3 Å². The lowest BCUT2D eigenvalue weighted by Crippen LogP contribution is -2.36. The number of nitrogens with zero attached hydrogens (tertiary/aromatic N) is 4. The summed E-state index contributed by atoms with van der Waals surface area (Å²) in [5.41, 5.74) is 0.700. The summed E-state index contributed by atoms with van der Waals surface area (Å²) < 4.78 is 13.4. The van der Waals surface area contributed by atoms with Crippen LogP contribution in [0.3, 0.4) is 0 Å². The van der Waals surface area contributed by atoms with Crippen molar-refractivity contribution in [3.63, 3.8) is 0 Å². The minimum atomic E-state index is -0.747. The Balaban J connectivity index is 1.48. The Hall–Kier alpha value is -2.88. The van der Waals surface area contributed by atoms with Gasteiger partial charge in [0.15, 0.2) is 23.2 Å². The van der Waals surface area contributed by atoms with Gasteiger partial charge in [0.25, 0.3) is 5.91 Å². The fourth-order valence-corrected chi connectivity index (χ4v) is 3.58. The zero-order valence-corrected chi connectivity index (χ0v) is 14.4. The summed E-state index contributed by atoms with van der Waals surface area (Å²) in [6, 6.07) is 8.85. The van der Waals surface area contributed by atoms with Crippen LogP contribution >= 0.6 is 0 Å². The molecular weight excluding hydrogens is 350 g/mol. The molecule has 0 spiro atoms. The summed E-state index contributed by atoms with van der Waals surface area (Å²) in [5, 5.41) is 13.1. The number of aromatic nitrogens is 4. The molecule has 2 aliphatic heterocycles. The first-order valence-corrected chi connectivity index (χ1v) is 8.58. The van der Waals surface area contributed by atoms with E-state index in [1.54, 1.807) is 35.2 Å². The van der Waals surface area contributed by atoms with E-state index in [9.17, 15) is 9.90 Å². The van der Waals surface area contributed by atoms with Gasteiger partial charge in [-0.1, -0.05) is 18.2 Å². The highest BCUT2D eigenvalue weighted by Crippen LogP contribution is 2.45. The molecule has 2 N–H and O–H groups in total. The number of aliphatic hydroxyl groups is 1. The van der Waals surface area contributed by atoms with E-state index in [1.807, 2.05) is 13.0 Å². The zero-order valence-electron chi connectivity index (χ0n) is 14.4. The third-order valence-corrected chi connectivity index (χ3v) is 5.07. The summed E-state index contributed by atoms with van der Waals surface area (Å²) in [6.45, 7) is 2.16. The Kier molecular flexibility index (Phi) is 3.51. The predicted octanol–water partition coefficient (Wildman–Crippen LogP) is 1.13. The van der Waals surface area contributed by atoms with E-state index >= 15 is 0 Å². The van der Waals surface area contributed by atoms with Crippen LogP contribution in [0.5, 0.6) is 0 Å². The molecule has 5 rings (SSSR count). The van der Waals surface area contributed by atoms with Crippen molar-refractivity contribution in [3.05, 3.63) is 48.5 Å². The quantitative estimate of drug-likeness (QED) is 0.714. The first kappa shape index (κ1) is 16.3. The Morgan fingerprint density at radius 2 is 2.11 bits per heavy atom. The van der Waals surface area contributed by atoms with Crippen LogP contribution in [-0.2, 0) is 9.47 Å². The van der Waals surface area contributed by atoms with Crippen molar-refractivity contribution >= 4 is 22.9 Å². The highest BCUT2D eigenvalue weighted by atomic mass is 16.6. The maximum absolute atomic E-state index is 12.4. The first-order chi connectivity index (χ1) is 13.1. The molecule has 0 aliphatic carbocycles. The molecule has 1 aromatic carbocycles. The topological polar surface area (TPSA) is 111 Å². The minimum Gasteiger partial charge on any atom is -0.387 e. The number of rotatable bonds is 3. The number of fused-ring (bicyclic) bond motifs is 3. The molecule has 0 saturated carbocycles. The van der Waals surface area contributed by atoms with Crippen molar-refractivity contribution < 1.29 is 19.4 Å². The number of imidazole rings is 1. The maximum atomic E-state index is 12.4. The maximum Gasteiger partial charge on any atom is 0.256 e. The lowest BCUT2D eigenvalue weighted by atomic mass is 10.0. The van der Waals surface area contributed by atoms with Gasteiger partial charge in [-0.25, -0.2) is 15.0 Å². The minimum absolute atomic E-state index is 0.285. The van der Waals surface area contributed by atoms with Crippen molar-refractivity contribution in [3.8, 4) is 0 Å². The molecule has 2 bridgehead atoms. The van der Waals surface area contributed by atoms with Gasteiger partial charge in [0.05, 0.1) is 12.9 Å². The van der Waals surface area contributed by atoms with Crippen molar-refractivity contribution in [2.24, 2.45) is 0 Å². The summed E-state index contributed by atoms with van der Waals surface area (Å²) in [6.07, 6.45) is 1.15. The second kappa shape index (κ2) is 5.81. The third kappa shape index (κ3) is 2.43. The molecule has 3 aromatic rings. The van der Waals surface area contributed by atoms with Crippen molar-refractivity contribution in [2.75, 3.05) is 11.9 Å². The van der Waals surface area contributed by atoms with Crippen molar-refractivity contribution in [2.45, 2.75) is 31.0 Å². The molecule has 2 aromatic heterocycles. The number of anilines is 1. The van der Waals surface area contributed by atoms with Crippen LogP contribution in [0.4, 0.5) is 5.82 Å². The number of carbonyl (C=O) groups excluding carboxylic acids is 1. The number of ether oxygens (including phenoxy) is 2. The van der Waals surface area contributed by atoms with Crippen LogP contribution in [0.1, 0.15) is 23.5 Å². The highest BCUT2D eigenvalue weighted by molar-refractivity contribution is 6.06. The van der Waals surface area contributed by atoms with E-state index in [-0.39, 0.29) is 5.91 Å². The average Bonchev–Trinajstić information content (AvgIpc) is 3.31. The highest BCUT2D eigenvalue weighted by Gasteiger charge is 2.59. The van der Waals surface area contributed by atoms with Crippen LogP contribution in [0.2, 0.25) is 0 Å². The smallest absolute Gasteiger partial charge is 0.256 e. The molecule has 2 aliphatic rings. The Morgan fingerprint density at radius 3 is 2.81 bits per heavy atom. The zero-order chi connectivity index (χ0) is 18.6. The molecule has 0 unspecified atom stereocenters. The predicted molar refractivity (Wildman–Crippen MR) is 94.0 cm³/mol. The fourth-order valence-electron chi connectivity index (χ4n) is 3.58. The van der Waals surface area contributed by atoms with E-state index in [0.29, 0.717) is 29.2 Å². The second-order valence-electron chi connectivity index (χ2n) is 6.91. The van der Waals surface area contributed by atoms with Crippen LogP contribution < -0.4 is 5.32 Å². The Bertz CT molecular complexity index is 1020. The van der Waals surface area contributed by atoms with E-state index in [4.69, 9.17) is 9.47 Å². The molecule has 138 valence electrons. The number of aliphatic hydroxyl groups excluding tert-OH is 1. The molecular formula is C18H17N5O4. The summed E-state index contributed by atoms with van der Waals surface area (Å²) >= 11 is 0. The van der Waals surface area contributed by atoms with Gasteiger partial charge in [0.1, 0.15) is 24.1 Å². The number of amides is 1. The van der Waals surface area contributed by atoms with E-state index in [1.165, 1.54) is 6.33 Å². The number of carbonyl (C=O) groups is 1.